The minimum absolute atomic E-state index is 0.106. The van der Waals surface area contributed by atoms with E-state index in [2.05, 4.69) is 101 Å². The fourth-order valence-electron chi connectivity index (χ4n) is 9.35. The molecule has 0 radical (unpaired) electrons. The normalized spacial score (nSPS) is 10.4. The molecule has 28 heteroatoms. The van der Waals surface area contributed by atoms with Crippen LogP contribution in [0.1, 0.15) is 84.4 Å². The zero-order chi connectivity index (χ0) is 80.2. The van der Waals surface area contributed by atoms with Gasteiger partial charge in [-0.25, -0.2) is 28.8 Å². The van der Waals surface area contributed by atoms with Gasteiger partial charge in [-0.15, -0.1) is 101 Å². The summed E-state index contributed by atoms with van der Waals surface area (Å²) in [5.74, 6) is -1.97. The Kier molecular flexibility index (Phi) is 40.4. The third kappa shape index (κ3) is 34.2. The molecule has 0 fully saturated rings. The molecule has 10 aromatic rings. The van der Waals surface area contributed by atoms with Crippen LogP contribution in [0.4, 0.5) is 0 Å². The van der Waals surface area contributed by atoms with E-state index in [4.69, 9.17) is 56.8 Å². The quantitative estimate of drug-likeness (QED) is 0.00808. The summed E-state index contributed by atoms with van der Waals surface area (Å²) in [7, 11) is 0. The van der Waals surface area contributed by atoms with Crippen molar-refractivity contribution in [1.82, 2.24) is 0 Å². The summed E-state index contributed by atoms with van der Waals surface area (Å²) in [4.78, 5) is 100. The predicted octanol–water partition coefficient (Wildman–Crippen LogP) is 16.5. The van der Waals surface area contributed by atoms with E-state index in [0.29, 0.717) is 74.3 Å². The van der Waals surface area contributed by atoms with Gasteiger partial charge in [-0.05, 0) is 156 Å². The van der Waals surface area contributed by atoms with Crippen molar-refractivity contribution < 1.29 is 95.2 Å². The van der Waals surface area contributed by atoms with Crippen molar-refractivity contribution in [3.05, 3.63) is 298 Å². The minimum Gasteiger partial charge on any atom is -0.463 e. The molecule has 0 aliphatic carbocycles. The highest BCUT2D eigenvalue weighted by Crippen LogP contribution is 2.25. The average molecular weight is 1670 g/mol. The van der Waals surface area contributed by atoms with Crippen molar-refractivity contribution in [3.8, 4) is 11.5 Å². The Hall–Kier alpha value is -9.56. The largest absolute Gasteiger partial charge is 0.463 e. The van der Waals surface area contributed by atoms with Crippen molar-refractivity contribution in [1.29, 1.82) is 0 Å². The van der Waals surface area contributed by atoms with Gasteiger partial charge in [-0.3, -0.25) is 9.59 Å². The highest BCUT2D eigenvalue weighted by molar-refractivity contribution is 7.81. The van der Waals surface area contributed by atoms with E-state index in [0.717, 1.165) is 32.0 Å². The Morgan fingerprint density at radius 1 is 0.232 bits per heavy atom. The molecule has 0 amide bonds. The van der Waals surface area contributed by atoms with Crippen LogP contribution < -0.4 is 4.74 Å². The van der Waals surface area contributed by atoms with Crippen LogP contribution >= 0.6 is 101 Å². The molecular formula is C84H80O20S8. The number of hydrogen-bond donors (Lipinski definition) is 8. The molecule has 584 valence electrons. The number of carbonyl (C=O) groups excluding carboxylic acids is 8. The lowest BCUT2D eigenvalue weighted by Crippen LogP contribution is -2.16. The first kappa shape index (κ1) is 89.6. The molecule has 0 spiro atoms. The average Bonchev–Trinajstić information content (AvgIpc) is 0.911. The molecule has 0 atom stereocenters. The molecular weight excluding hydrogens is 1590 g/mol. The molecule has 0 saturated heterocycles. The van der Waals surface area contributed by atoms with E-state index in [1.54, 1.807) is 158 Å². The van der Waals surface area contributed by atoms with Gasteiger partial charge in [0.05, 0.1) is 85.9 Å². The molecule has 0 saturated carbocycles. The van der Waals surface area contributed by atoms with Crippen molar-refractivity contribution in [2.24, 2.45) is 0 Å². The molecule has 10 rings (SSSR count). The Bertz CT molecular complexity index is 4410. The zero-order valence-electron chi connectivity index (χ0n) is 60.2. The second kappa shape index (κ2) is 50.4. The van der Waals surface area contributed by atoms with Crippen LogP contribution in [0.3, 0.4) is 0 Å². The second-order valence-electron chi connectivity index (χ2n) is 23.2. The van der Waals surface area contributed by atoms with Crippen LogP contribution in [0.2, 0.25) is 0 Å². The topological polar surface area (TPSA) is 247 Å². The number of thiol groups is 8. The number of carbonyl (C=O) groups is 8. The van der Waals surface area contributed by atoms with Gasteiger partial charge in [-0.2, -0.15) is 0 Å². The van der Waals surface area contributed by atoms with E-state index in [1.807, 2.05) is 84.9 Å². The molecule has 0 aromatic heterocycles. The van der Waals surface area contributed by atoms with E-state index in [9.17, 15) is 38.4 Å². The summed E-state index contributed by atoms with van der Waals surface area (Å²) >= 11 is 33.8. The standard InChI is InChI=1S/C28H22O5S2.C20H22O5S2.2C18H18O5S2/c29-27(23-5-1-3-7-25(23)34)31-17-19-9-13-21(14-10-19)33-22-15-11-20(12-16-22)18-32-28(30)24-6-2-4-8-26(24)35;21-19(13-15-3-1-5-17(26)11-15)24-9-7-23-8-10-25-20(22)14-16-4-2-6-18(27)12-16;19-17(13-3-1-5-15(24)11-13)22-9-7-21-8-10-23-18(20)14-4-2-6-16(25)12-14;19-17(13-5-1-3-7-15(13)24)22-11-9-21-10-12-23-18(20)14-6-2-4-8-16(14)25/h1-16,34-35H,17-18H2;1-6,11-12,26-27H,7-10,13-14H2;1-6,11-12,24-25H,7-10H2;1-8,24-25H,9-12H2. The molecule has 20 nitrogen and oxygen atoms in total. The number of rotatable bonds is 34. The first-order valence-electron chi connectivity index (χ1n) is 34.4. The monoisotopic (exact) mass is 1660 g/mol. The molecule has 0 heterocycles. The maximum absolute atomic E-state index is 12.2. The summed E-state index contributed by atoms with van der Waals surface area (Å²) in [5, 5.41) is 0. The van der Waals surface area contributed by atoms with Gasteiger partial charge in [0.2, 0.25) is 0 Å². The van der Waals surface area contributed by atoms with Crippen molar-refractivity contribution in [3.63, 3.8) is 0 Å². The highest BCUT2D eigenvalue weighted by Gasteiger charge is 2.16. The number of benzene rings is 10. The zero-order valence-corrected chi connectivity index (χ0v) is 67.3. The highest BCUT2D eigenvalue weighted by atomic mass is 32.1. The summed E-state index contributed by atoms with van der Waals surface area (Å²) < 4.78 is 63.0. The Morgan fingerprint density at radius 3 is 0.795 bits per heavy atom. The Balaban J connectivity index is 0.000000210. The fraction of sp³-hybridized carbons (Fsp3) is 0.190. The van der Waals surface area contributed by atoms with Crippen LogP contribution in [-0.4, -0.2) is 127 Å². The van der Waals surface area contributed by atoms with Gasteiger partial charge in [0.25, 0.3) is 0 Å². The number of ether oxygens (including phenoxy) is 12. The molecule has 112 heavy (non-hydrogen) atoms. The smallest absolute Gasteiger partial charge is 0.339 e. The molecule has 0 aliphatic heterocycles. The first-order valence-corrected chi connectivity index (χ1v) is 37.9. The van der Waals surface area contributed by atoms with Crippen LogP contribution in [-0.2, 0) is 87.7 Å². The third-order valence-electron chi connectivity index (χ3n) is 14.8. The van der Waals surface area contributed by atoms with Crippen LogP contribution in [0.5, 0.6) is 11.5 Å². The molecule has 10 aromatic carbocycles. The lowest BCUT2D eigenvalue weighted by molar-refractivity contribution is -0.145. The van der Waals surface area contributed by atoms with Gasteiger partial charge in [0, 0.05) is 39.2 Å². The third-order valence-corrected chi connectivity index (χ3v) is 17.5. The molecule has 0 N–H and O–H groups in total. The predicted molar refractivity (Wildman–Crippen MR) is 444 cm³/mol. The summed E-state index contributed by atoms with van der Waals surface area (Å²) in [6.45, 7) is 2.39. The Labute approximate surface area is 693 Å². The SMILES string of the molecule is O=C(Cc1cccc(S)c1)OCCOCCOC(=O)Cc1cccc(S)c1.O=C(OCCOCCOC(=O)c1cccc(S)c1)c1cccc(S)c1.O=C(OCCOCCOC(=O)c1ccccc1S)c1ccccc1S.O=C(OCc1ccc(Oc2ccc(COC(=O)c3ccccc3S)cc2)cc1)c1ccccc1S. The summed E-state index contributed by atoms with van der Waals surface area (Å²) in [6.07, 6.45) is 0.388. The van der Waals surface area contributed by atoms with Crippen molar-refractivity contribution in [2.75, 3.05) is 79.3 Å². The van der Waals surface area contributed by atoms with E-state index >= 15 is 0 Å². The van der Waals surface area contributed by atoms with E-state index in [-0.39, 0.29) is 117 Å². The van der Waals surface area contributed by atoms with Gasteiger partial charge in [-0.1, -0.05) is 109 Å². The lowest BCUT2D eigenvalue weighted by atomic mass is 10.1. The van der Waals surface area contributed by atoms with E-state index < -0.39 is 35.8 Å². The maximum atomic E-state index is 12.2. The van der Waals surface area contributed by atoms with Gasteiger partial charge in [0.15, 0.2) is 0 Å². The second-order valence-corrected chi connectivity index (χ2v) is 27.2. The molecule has 0 bridgehead atoms. The number of esters is 8. The van der Waals surface area contributed by atoms with Crippen LogP contribution in [0, 0.1) is 0 Å². The molecule has 0 unspecified atom stereocenters. The lowest BCUT2D eigenvalue weighted by Gasteiger charge is -2.10. The molecule has 0 aliphatic rings. The maximum Gasteiger partial charge on any atom is 0.339 e. The summed E-state index contributed by atoms with van der Waals surface area (Å²) in [6, 6.07) is 70.6. The van der Waals surface area contributed by atoms with E-state index in [1.165, 1.54) is 0 Å². The Morgan fingerprint density at radius 2 is 0.500 bits per heavy atom. The van der Waals surface area contributed by atoms with Crippen molar-refractivity contribution in [2.45, 2.75) is 65.2 Å². The van der Waals surface area contributed by atoms with Gasteiger partial charge < -0.3 is 56.8 Å². The van der Waals surface area contributed by atoms with Crippen molar-refractivity contribution >= 4 is 149 Å². The van der Waals surface area contributed by atoms with Gasteiger partial charge >= 0.3 is 47.8 Å². The fourth-order valence-corrected chi connectivity index (χ4v) is 11.3. The van der Waals surface area contributed by atoms with Crippen LogP contribution in [0.25, 0.3) is 0 Å². The first-order chi connectivity index (χ1) is 54.2. The minimum atomic E-state index is -0.453. The summed E-state index contributed by atoms with van der Waals surface area (Å²) in [5.41, 5.74) is 5.93. The number of hydrogen-bond acceptors (Lipinski definition) is 28. The van der Waals surface area contributed by atoms with Gasteiger partial charge in [0.1, 0.15) is 64.4 Å². The van der Waals surface area contributed by atoms with Crippen LogP contribution in [0.15, 0.2) is 282 Å².